The highest BCUT2D eigenvalue weighted by atomic mass is 32.2. The summed E-state index contributed by atoms with van der Waals surface area (Å²) < 4.78 is 26.4. The first kappa shape index (κ1) is 13.1. The van der Waals surface area contributed by atoms with E-state index in [9.17, 15) is 8.42 Å². The van der Waals surface area contributed by atoms with E-state index in [1.165, 1.54) is 12.4 Å². The third-order valence-corrected chi connectivity index (χ3v) is 3.58. The van der Waals surface area contributed by atoms with Crippen LogP contribution < -0.4 is 10.5 Å². The van der Waals surface area contributed by atoms with Crippen LogP contribution in [0.15, 0.2) is 41.6 Å². The zero-order valence-electron chi connectivity index (χ0n) is 9.92. The molecule has 6 nitrogen and oxygen atoms in total. The highest BCUT2D eigenvalue weighted by molar-refractivity contribution is 7.92. The minimum atomic E-state index is -3.62. The maximum absolute atomic E-state index is 12.0. The number of nitrogens with one attached hydrogen (secondary N) is 2. The van der Waals surface area contributed by atoms with Gasteiger partial charge in [-0.2, -0.15) is 5.10 Å². The van der Waals surface area contributed by atoms with Gasteiger partial charge in [0.05, 0.1) is 18.4 Å². The molecule has 4 N–H and O–H groups in total. The number of hydrogen-bond donors (Lipinski definition) is 3. The molecule has 0 fully saturated rings. The lowest BCUT2D eigenvalue weighted by Crippen LogP contribution is -2.12. The van der Waals surface area contributed by atoms with E-state index in [2.05, 4.69) is 26.8 Å². The van der Waals surface area contributed by atoms with Crippen molar-refractivity contribution in [2.24, 2.45) is 5.73 Å². The zero-order chi connectivity index (χ0) is 13.7. The fraction of sp³-hybridized carbons (Fsp3) is 0.0833. The van der Waals surface area contributed by atoms with Crippen molar-refractivity contribution in [2.75, 3.05) is 11.3 Å². The molecular weight excluding hydrogens is 264 g/mol. The van der Waals surface area contributed by atoms with Crippen molar-refractivity contribution in [3.05, 3.63) is 42.2 Å². The molecule has 1 heterocycles. The predicted molar refractivity (Wildman–Crippen MR) is 71.8 cm³/mol. The Hall–Kier alpha value is -2.30. The number of aromatic nitrogens is 2. The van der Waals surface area contributed by atoms with Gasteiger partial charge < -0.3 is 5.73 Å². The Balaban J connectivity index is 2.25. The fourth-order valence-electron chi connectivity index (χ4n) is 1.41. The van der Waals surface area contributed by atoms with Gasteiger partial charge in [0.25, 0.3) is 10.0 Å². The topological polar surface area (TPSA) is 101 Å². The summed E-state index contributed by atoms with van der Waals surface area (Å²) in [7, 11) is -3.62. The van der Waals surface area contributed by atoms with Crippen molar-refractivity contribution in [3.8, 4) is 11.8 Å². The first-order valence-electron chi connectivity index (χ1n) is 5.42. The molecule has 0 saturated heterocycles. The standard InChI is InChI=1S/C12H12N4O2S/c13-6-2-4-10-3-1-5-11(7-10)16-19(17,18)12-8-14-15-9-12/h1,3,5,7-9,16H,6,13H2,(H,14,15). The Morgan fingerprint density at radius 1 is 1.42 bits per heavy atom. The van der Waals surface area contributed by atoms with Crippen molar-refractivity contribution in [3.63, 3.8) is 0 Å². The lowest BCUT2D eigenvalue weighted by molar-refractivity contribution is 0.601. The van der Waals surface area contributed by atoms with Crippen molar-refractivity contribution < 1.29 is 8.42 Å². The number of nitrogens with two attached hydrogens (primary N) is 1. The Morgan fingerprint density at radius 2 is 2.26 bits per heavy atom. The predicted octanol–water partition coefficient (Wildman–Crippen LogP) is 0.521. The highest BCUT2D eigenvalue weighted by Gasteiger charge is 2.14. The van der Waals surface area contributed by atoms with Crippen LogP contribution in [0.25, 0.3) is 0 Å². The molecule has 98 valence electrons. The maximum Gasteiger partial charge on any atom is 0.265 e. The largest absolute Gasteiger partial charge is 0.320 e. The number of rotatable bonds is 3. The summed E-state index contributed by atoms with van der Waals surface area (Å²) in [6.07, 6.45) is 2.54. The second kappa shape index (κ2) is 5.56. The Morgan fingerprint density at radius 3 is 2.95 bits per heavy atom. The molecule has 0 saturated carbocycles. The third kappa shape index (κ3) is 3.34. The Kier molecular flexibility index (Phi) is 3.85. The molecular formula is C12H12N4O2S. The Bertz CT molecular complexity index is 712. The van der Waals surface area contributed by atoms with Crippen molar-refractivity contribution in [1.82, 2.24) is 10.2 Å². The normalized spacial score (nSPS) is 10.6. The summed E-state index contributed by atoms with van der Waals surface area (Å²) in [4.78, 5) is 0.0749. The average molecular weight is 276 g/mol. The number of anilines is 1. The van der Waals surface area contributed by atoms with Crippen LogP contribution in [0.1, 0.15) is 5.56 Å². The van der Waals surface area contributed by atoms with Crippen LogP contribution >= 0.6 is 0 Å². The molecule has 1 aromatic carbocycles. The van der Waals surface area contributed by atoms with Gasteiger partial charge in [0.15, 0.2) is 0 Å². The van der Waals surface area contributed by atoms with Crippen molar-refractivity contribution >= 4 is 15.7 Å². The average Bonchev–Trinajstić information content (AvgIpc) is 2.91. The molecule has 19 heavy (non-hydrogen) atoms. The molecule has 2 rings (SSSR count). The second-order valence-corrected chi connectivity index (χ2v) is 5.31. The van der Waals surface area contributed by atoms with Crippen molar-refractivity contribution in [1.29, 1.82) is 0 Å². The lowest BCUT2D eigenvalue weighted by atomic mass is 10.2. The summed E-state index contributed by atoms with van der Waals surface area (Å²) in [6.45, 7) is 0.255. The van der Waals surface area contributed by atoms with Gasteiger partial charge in [-0.3, -0.25) is 9.82 Å². The van der Waals surface area contributed by atoms with Gasteiger partial charge in [-0.05, 0) is 18.2 Å². The summed E-state index contributed by atoms with van der Waals surface area (Å²) in [5.41, 5.74) is 6.41. The molecule has 0 radical (unpaired) electrons. The second-order valence-electron chi connectivity index (χ2n) is 3.63. The van der Waals surface area contributed by atoms with Gasteiger partial charge in [0, 0.05) is 11.8 Å². The molecule has 1 aromatic heterocycles. The van der Waals surface area contributed by atoms with Crippen molar-refractivity contribution in [2.45, 2.75) is 4.90 Å². The van der Waals surface area contributed by atoms with Crippen LogP contribution in [-0.2, 0) is 10.0 Å². The van der Waals surface area contributed by atoms with Crippen LogP contribution in [0, 0.1) is 11.8 Å². The molecule has 2 aromatic rings. The van der Waals surface area contributed by atoms with Crippen LogP contribution in [0.3, 0.4) is 0 Å². The molecule has 0 atom stereocenters. The highest BCUT2D eigenvalue weighted by Crippen LogP contribution is 2.15. The maximum atomic E-state index is 12.0. The van der Waals surface area contributed by atoms with E-state index >= 15 is 0 Å². The van der Waals surface area contributed by atoms with Crippen LogP contribution in [-0.4, -0.2) is 25.2 Å². The quantitative estimate of drug-likeness (QED) is 0.711. The first-order chi connectivity index (χ1) is 9.12. The van der Waals surface area contributed by atoms with Gasteiger partial charge in [0.1, 0.15) is 4.90 Å². The molecule has 7 heteroatoms. The minimum Gasteiger partial charge on any atom is -0.320 e. The van der Waals surface area contributed by atoms with Crippen LogP contribution in [0.5, 0.6) is 0 Å². The smallest absolute Gasteiger partial charge is 0.265 e. The SMILES string of the molecule is NCC#Cc1cccc(NS(=O)(=O)c2cn[nH]c2)c1. The number of H-pyrrole nitrogens is 1. The van der Waals surface area contributed by atoms with Gasteiger partial charge in [-0.25, -0.2) is 8.42 Å². The number of hydrogen-bond acceptors (Lipinski definition) is 4. The van der Waals surface area contributed by atoms with E-state index in [0.29, 0.717) is 11.3 Å². The van der Waals surface area contributed by atoms with Gasteiger partial charge in [-0.1, -0.05) is 17.9 Å². The third-order valence-electron chi connectivity index (χ3n) is 2.23. The number of nitrogens with zero attached hydrogens (tertiary/aromatic N) is 1. The van der Waals surface area contributed by atoms with E-state index in [-0.39, 0.29) is 11.4 Å². The van der Waals surface area contributed by atoms with E-state index in [1.54, 1.807) is 24.3 Å². The summed E-state index contributed by atoms with van der Waals surface area (Å²) in [5.74, 6) is 5.54. The van der Waals surface area contributed by atoms with E-state index in [1.807, 2.05) is 0 Å². The summed E-state index contributed by atoms with van der Waals surface area (Å²) in [5, 5.41) is 6.06. The minimum absolute atomic E-state index is 0.0749. The molecule has 0 amide bonds. The number of sulfonamides is 1. The van der Waals surface area contributed by atoms with Crippen LogP contribution in [0.4, 0.5) is 5.69 Å². The summed E-state index contributed by atoms with van der Waals surface area (Å²) >= 11 is 0. The van der Waals surface area contributed by atoms with E-state index in [4.69, 9.17) is 5.73 Å². The zero-order valence-corrected chi connectivity index (χ0v) is 10.7. The van der Waals surface area contributed by atoms with E-state index < -0.39 is 10.0 Å². The first-order valence-corrected chi connectivity index (χ1v) is 6.91. The molecule has 0 unspecified atom stereocenters. The molecule has 0 aliphatic carbocycles. The van der Waals surface area contributed by atoms with E-state index in [0.717, 1.165) is 0 Å². The number of aromatic amines is 1. The molecule has 0 spiro atoms. The molecule has 0 bridgehead atoms. The Labute approximate surface area is 111 Å². The molecule has 0 aliphatic rings. The van der Waals surface area contributed by atoms with Gasteiger partial charge in [-0.15, -0.1) is 0 Å². The monoisotopic (exact) mass is 276 g/mol. The van der Waals surface area contributed by atoms with Crippen LogP contribution in [0.2, 0.25) is 0 Å². The number of benzene rings is 1. The van der Waals surface area contributed by atoms with Gasteiger partial charge >= 0.3 is 0 Å². The fourth-order valence-corrected chi connectivity index (χ4v) is 2.37. The molecule has 0 aliphatic heterocycles. The summed E-state index contributed by atoms with van der Waals surface area (Å²) in [6, 6.07) is 6.78. The lowest BCUT2D eigenvalue weighted by Gasteiger charge is -2.06. The van der Waals surface area contributed by atoms with Gasteiger partial charge in [0.2, 0.25) is 0 Å².